The molecule has 3 heterocycles. The maximum atomic E-state index is 12.6. The lowest BCUT2D eigenvalue weighted by atomic mass is 9.83. The largest absolute Gasteiger partial charge is 0.361 e. The Balaban J connectivity index is 1.16. The van der Waals surface area contributed by atoms with Gasteiger partial charge in [0.15, 0.2) is 0 Å². The smallest absolute Gasteiger partial charge is 0.289 e. The summed E-state index contributed by atoms with van der Waals surface area (Å²) in [5.74, 6) is 0.617. The molecule has 7 heteroatoms. The van der Waals surface area contributed by atoms with Crippen LogP contribution in [0.15, 0.2) is 35.0 Å². The Kier molecular flexibility index (Phi) is 5.72. The standard InChI is InChI=1S/C25H30N4O3/c1-16-7-8-21-20(12-16)18(14-27-21)9-10-26-24(30)23-13-22(28-32-23)19-6-3-11-29(15-19)25(31)17-4-2-5-17/h7-8,12-14,17,19,27H,2-6,9-11,15H2,1H3,(H,26,30)/t19-/m0/s1. The SMILES string of the molecule is Cc1ccc2[nH]cc(CCNC(=O)c3cc([C@H]4CCCN(C(=O)C5CCC5)C4)no3)c2c1. The highest BCUT2D eigenvalue weighted by Crippen LogP contribution is 2.32. The molecule has 1 aliphatic carbocycles. The quantitative estimate of drug-likeness (QED) is 0.615. The summed E-state index contributed by atoms with van der Waals surface area (Å²) < 4.78 is 5.36. The Labute approximate surface area is 187 Å². The number of aryl methyl sites for hydroxylation is 1. The first-order valence-electron chi connectivity index (χ1n) is 11.7. The van der Waals surface area contributed by atoms with E-state index in [1.54, 1.807) is 6.07 Å². The van der Waals surface area contributed by atoms with Crippen LogP contribution in [0.2, 0.25) is 0 Å². The van der Waals surface area contributed by atoms with Gasteiger partial charge in [0.2, 0.25) is 11.7 Å². The molecule has 3 aromatic rings. The number of aromatic nitrogens is 2. The number of fused-ring (bicyclic) bond motifs is 1. The second-order valence-corrected chi connectivity index (χ2v) is 9.24. The summed E-state index contributed by atoms with van der Waals surface area (Å²) in [4.78, 5) is 30.4. The molecule has 1 saturated carbocycles. The molecule has 7 nitrogen and oxygen atoms in total. The van der Waals surface area contributed by atoms with Crippen LogP contribution in [-0.4, -0.2) is 46.5 Å². The van der Waals surface area contributed by atoms with Gasteiger partial charge in [-0.2, -0.15) is 0 Å². The molecule has 2 amide bonds. The van der Waals surface area contributed by atoms with Gasteiger partial charge in [-0.25, -0.2) is 0 Å². The molecule has 1 aliphatic heterocycles. The first-order valence-corrected chi connectivity index (χ1v) is 11.7. The van der Waals surface area contributed by atoms with Gasteiger partial charge in [0.05, 0.1) is 5.69 Å². The van der Waals surface area contributed by atoms with Crippen molar-refractivity contribution >= 4 is 22.7 Å². The molecule has 0 unspecified atom stereocenters. The fourth-order valence-electron chi connectivity index (χ4n) is 4.82. The number of carbonyl (C=O) groups excluding carboxylic acids is 2. The Morgan fingerprint density at radius 3 is 2.91 bits per heavy atom. The van der Waals surface area contributed by atoms with E-state index >= 15 is 0 Å². The predicted molar refractivity (Wildman–Crippen MR) is 121 cm³/mol. The topological polar surface area (TPSA) is 91.2 Å². The first-order chi connectivity index (χ1) is 15.6. The molecule has 2 N–H and O–H groups in total. The molecule has 0 spiro atoms. The third-order valence-electron chi connectivity index (χ3n) is 6.96. The lowest BCUT2D eigenvalue weighted by Gasteiger charge is -2.36. The number of nitrogens with zero attached hydrogens (tertiary/aromatic N) is 2. The van der Waals surface area contributed by atoms with Gasteiger partial charge < -0.3 is 19.7 Å². The molecular formula is C25H30N4O3. The van der Waals surface area contributed by atoms with Gasteiger partial charge in [-0.15, -0.1) is 0 Å². The lowest BCUT2D eigenvalue weighted by Crippen LogP contribution is -2.44. The zero-order valence-corrected chi connectivity index (χ0v) is 18.5. The van der Waals surface area contributed by atoms with Crippen LogP contribution in [0.25, 0.3) is 10.9 Å². The number of hydrogen-bond acceptors (Lipinski definition) is 4. The summed E-state index contributed by atoms with van der Waals surface area (Å²) in [6.07, 6.45) is 7.86. The zero-order valence-electron chi connectivity index (χ0n) is 18.5. The molecule has 2 fully saturated rings. The normalized spacial score (nSPS) is 19.2. The highest BCUT2D eigenvalue weighted by Gasteiger charge is 2.33. The van der Waals surface area contributed by atoms with Gasteiger partial charge in [0, 0.05) is 54.6 Å². The number of rotatable bonds is 6. The number of aromatic amines is 1. The number of H-pyrrole nitrogens is 1. The average Bonchev–Trinajstić information content (AvgIpc) is 3.40. The van der Waals surface area contributed by atoms with Crippen LogP contribution in [0.1, 0.15) is 65.4 Å². The fraction of sp³-hybridized carbons (Fsp3) is 0.480. The minimum atomic E-state index is -0.252. The summed E-state index contributed by atoms with van der Waals surface area (Å²) in [6, 6.07) is 8.07. The van der Waals surface area contributed by atoms with Crippen LogP contribution in [0.4, 0.5) is 0 Å². The molecule has 0 radical (unpaired) electrons. The van der Waals surface area contributed by atoms with E-state index in [4.69, 9.17) is 4.52 Å². The molecule has 5 rings (SSSR count). The second-order valence-electron chi connectivity index (χ2n) is 9.24. The third-order valence-corrected chi connectivity index (χ3v) is 6.96. The van der Waals surface area contributed by atoms with Gasteiger partial charge in [-0.1, -0.05) is 23.2 Å². The van der Waals surface area contributed by atoms with Gasteiger partial charge in [0.25, 0.3) is 5.91 Å². The summed E-state index contributed by atoms with van der Waals surface area (Å²) in [5.41, 5.74) is 4.27. The second kappa shape index (κ2) is 8.81. The van der Waals surface area contributed by atoms with Crippen molar-refractivity contribution in [1.29, 1.82) is 0 Å². The minimum Gasteiger partial charge on any atom is -0.361 e. The summed E-state index contributed by atoms with van der Waals surface area (Å²) in [5, 5.41) is 8.30. The first kappa shape index (κ1) is 20.8. The van der Waals surface area contributed by atoms with Crippen LogP contribution in [0.3, 0.4) is 0 Å². The molecule has 0 bridgehead atoms. The van der Waals surface area contributed by atoms with Crippen molar-refractivity contribution in [1.82, 2.24) is 20.4 Å². The molecule has 1 aromatic carbocycles. The average molecular weight is 435 g/mol. The van der Waals surface area contributed by atoms with Gasteiger partial charge >= 0.3 is 0 Å². The number of hydrogen-bond donors (Lipinski definition) is 2. The van der Waals surface area contributed by atoms with Crippen molar-refractivity contribution in [3.63, 3.8) is 0 Å². The third kappa shape index (κ3) is 4.16. The van der Waals surface area contributed by atoms with Gasteiger partial charge in [-0.05, 0) is 56.7 Å². The number of amides is 2. The Morgan fingerprint density at radius 2 is 2.09 bits per heavy atom. The van der Waals surface area contributed by atoms with Crippen LogP contribution >= 0.6 is 0 Å². The molecule has 1 atom stereocenters. The molecule has 2 aliphatic rings. The lowest BCUT2D eigenvalue weighted by molar-refractivity contribution is -0.139. The van der Waals surface area contributed by atoms with Gasteiger partial charge in [0.1, 0.15) is 0 Å². The van der Waals surface area contributed by atoms with E-state index in [1.807, 2.05) is 11.1 Å². The summed E-state index contributed by atoms with van der Waals surface area (Å²) in [7, 11) is 0. The van der Waals surface area contributed by atoms with E-state index in [0.29, 0.717) is 13.1 Å². The number of nitrogens with one attached hydrogen (secondary N) is 2. The van der Waals surface area contributed by atoms with E-state index in [0.717, 1.165) is 56.3 Å². The predicted octanol–water partition coefficient (Wildman–Crippen LogP) is 3.94. The zero-order chi connectivity index (χ0) is 22.1. The molecule has 32 heavy (non-hydrogen) atoms. The van der Waals surface area contributed by atoms with E-state index < -0.39 is 0 Å². The minimum absolute atomic E-state index is 0.132. The summed E-state index contributed by atoms with van der Waals surface area (Å²) >= 11 is 0. The van der Waals surface area contributed by atoms with Crippen molar-refractivity contribution < 1.29 is 14.1 Å². The van der Waals surface area contributed by atoms with Crippen LogP contribution in [0.5, 0.6) is 0 Å². The van der Waals surface area contributed by atoms with Gasteiger partial charge in [-0.3, -0.25) is 9.59 Å². The number of likely N-dealkylation sites (tertiary alicyclic amines) is 1. The molecule has 168 valence electrons. The number of benzene rings is 1. The van der Waals surface area contributed by atoms with Crippen LogP contribution < -0.4 is 5.32 Å². The van der Waals surface area contributed by atoms with Crippen molar-refractivity contribution in [3.8, 4) is 0 Å². The maximum Gasteiger partial charge on any atom is 0.289 e. The Morgan fingerprint density at radius 1 is 1.22 bits per heavy atom. The van der Waals surface area contributed by atoms with Crippen LogP contribution in [-0.2, 0) is 11.2 Å². The number of carbonyl (C=O) groups is 2. The number of piperidine rings is 1. The Bertz CT molecular complexity index is 1130. The summed E-state index contributed by atoms with van der Waals surface area (Å²) in [6.45, 7) is 4.09. The van der Waals surface area contributed by atoms with Crippen molar-refractivity contribution in [2.45, 2.75) is 51.4 Å². The van der Waals surface area contributed by atoms with E-state index in [-0.39, 0.29) is 29.4 Å². The van der Waals surface area contributed by atoms with E-state index in [1.165, 1.54) is 16.5 Å². The molecule has 1 saturated heterocycles. The van der Waals surface area contributed by atoms with Crippen molar-refractivity contribution in [2.24, 2.45) is 5.92 Å². The van der Waals surface area contributed by atoms with E-state index in [9.17, 15) is 9.59 Å². The van der Waals surface area contributed by atoms with E-state index in [2.05, 4.69) is 40.6 Å². The highest BCUT2D eigenvalue weighted by molar-refractivity contribution is 5.91. The maximum absolute atomic E-state index is 12.6. The molecular weight excluding hydrogens is 404 g/mol. The fourth-order valence-corrected chi connectivity index (χ4v) is 4.82. The van der Waals surface area contributed by atoms with Crippen LogP contribution in [0, 0.1) is 12.8 Å². The Hall–Kier alpha value is -3.09. The monoisotopic (exact) mass is 434 g/mol. The highest BCUT2D eigenvalue weighted by atomic mass is 16.5. The molecule has 2 aromatic heterocycles. The van der Waals surface area contributed by atoms with Crippen molar-refractivity contribution in [2.75, 3.05) is 19.6 Å². The van der Waals surface area contributed by atoms with Crippen molar-refractivity contribution in [3.05, 3.63) is 53.0 Å².